The lowest BCUT2D eigenvalue weighted by atomic mass is 10.3. The average Bonchev–Trinajstić information content (AvgIpc) is 1.87. The topological polar surface area (TPSA) is 75.2 Å². The van der Waals surface area contributed by atoms with E-state index in [2.05, 4.69) is 0 Å². The maximum atomic E-state index is 8.59. The molecule has 0 aliphatic rings. The third-order valence-electron chi connectivity index (χ3n) is 1.50. The maximum absolute atomic E-state index is 8.59. The van der Waals surface area contributed by atoms with Gasteiger partial charge in [0.15, 0.2) is 0 Å². The minimum atomic E-state index is 0. The largest absolute Gasteiger partial charge is 0.412 e. The van der Waals surface area contributed by atoms with Gasteiger partial charge in [-0.25, -0.2) is 0 Å². The van der Waals surface area contributed by atoms with Crippen LogP contribution in [0.15, 0.2) is 0 Å². The quantitative estimate of drug-likeness (QED) is 0.540. The molecule has 0 aliphatic carbocycles. The maximum Gasteiger partial charge on any atom is 0.0558 e. The first-order valence-corrected chi connectivity index (χ1v) is 3.68. The van der Waals surface area contributed by atoms with Crippen LogP contribution in [0.3, 0.4) is 0 Å². The van der Waals surface area contributed by atoms with E-state index in [4.69, 9.17) is 10.2 Å². The molecular weight excluding hydrogens is 146 g/mol. The Morgan fingerprint density at radius 1 is 1.09 bits per heavy atom. The van der Waals surface area contributed by atoms with E-state index >= 15 is 0 Å². The summed E-state index contributed by atoms with van der Waals surface area (Å²) in [6.45, 7) is 5.73. The second-order valence-corrected chi connectivity index (χ2v) is 2.58. The number of aliphatic hydroxyl groups is 2. The number of hydrogen-bond donors (Lipinski definition) is 2. The highest BCUT2D eigenvalue weighted by molar-refractivity contribution is 4.60. The summed E-state index contributed by atoms with van der Waals surface area (Å²) in [6, 6.07) is 0.402. The molecule has 0 radical (unpaired) electrons. The predicted molar refractivity (Wildman–Crippen MR) is 44.5 cm³/mol. The Kier molecular flexibility index (Phi) is 9.70. The van der Waals surface area contributed by atoms with Crippen molar-refractivity contribution in [3.63, 3.8) is 0 Å². The Morgan fingerprint density at radius 2 is 1.45 bits per heavy atom. The molecule has 70 valence electrons. The van der Waals surface area contributed by atoms with Crippen LogP contribution < -0.4 is 0 Å². The second kappa shape index (κ2) is 7.94. The second-order valence-electron chi connectivity index (χ2n) is 2.58. The van der Waals surface area contributed by atoms with Crippen molar-refractivity contribution in [2.75, 3.05) is 26.3 Å². The zero-order chi connectivity index (χ0) is 7.98. The lowest BCUT2D eigenvalue weighted by Crippen LogP contribution is -2.35. The van der Waals surface area contributed by atoms with Crippen LogP contribution in [0.1, 0.15) is 13.8 Å². The molecule has 0 spiro atoms. The molecule has 0 heterocycles. The Morgan fingerprint density at radius 3 is 1.64 bits per heavy atom. The van der Waals surface area contributed by atoms with Gasteiger partial charge in [0.1, 0.15) is 0 Å². The molecule has 0 aliphatic heterocycles. The van der Waals surface area contributed by atoms with Gasteiger partial charge in [0.05, 0.1) is 13.2 Å². The third kappa shape index (κ3) is 6.25. The van der Waals surface area contributed by atoms with Crippen molar-refractivity contribution in [2.45, 2.75) is 19.9 Å². The Balaban J connectivity index is 0. The van der Waals surface area contributed by atoms with Crippen molar-refractivity contribution >= 4 is 0 Å². The summed E-state index contributed by atoms with van der Waals surface area (Å²) in [7, 11) is 0. The number of hydrogen-bond acceptors (Lipinski definition) is 3. The third-order valence-corrected chi connectivity index (χ3v) is 1.50. The smallest absolute Gasteiger partial charge is 0.0558 e. The van der Waals surface area contributed by atoms with Gasteiger partial charge in [-0.15, -0.1) is 0 Å². The molecule has 0 rings (SSSR count). The summed E-state index contributed by atoms with van der Waals surface area (Å²) in [5, 5.41) is 17.2. The van der Waals surface area contributed by atoms with Gasteiger partial charge in [0, 0.05) is 19.1 Å². The monoisotopic (exact) mass is 165 g/mol. The van der Waals surface area contributed by atoms with E-state index in [1.807, 2.05) is 18.7 Å². The molecular formula is C7H19NO3. The van der Waals surface area contributed by atoms with Gasteiger partial charge in [0.2, 0.25) is 0 Å². The number of aliphatic hydroxyl groups excluding tert-OH is 2. The van der Waals surface area contributed by atoms with Gasteiger partial charge in [-0.1, -0.05) is 0 Å². The summed E-state index contributed by atoms with van der Waals surface area (Å²) in [5.74, 6) is 0. The van der Waals surface area contributed by atoms with Crippen LogP contribution in [0.25, 0.3) is 0 Å². The summed E-state index contributed by atoms with van der Waals surface area (Å²) in [4.78, 5) is 2.03. The van der Waals surface area contributed by atoms with Crippen molar-refractivity contribution in [2.24, 2.45) is 0 Å². The number of nitrogens with zero attached hydrogens (tertiary/aromatic N) is 1. The fourth-order valence-electron chi connectivity index (χ4n) is 0.885. The standard InChI is InChI=1S/C7H17NO2.H2O/c1-7(2)8(3-5-9)4-6-10;/h7,9-10H,3-6H2,1-2H3;1H2. The molecule has 0 aromatic rings. The molecule has 4 heteroatoms. The van der Waals surface area contributed by atoms with Gasteiger partial charge in [-0.3, -0.25) is 4.90 Å². The molecule has 4 N–H and O–H groups in total. The van der Waals surface area contributed by atoms with Crippen molar-refractivity contribution in [3.05, 3.63) is 0 Å². The minimum Gasteiger partial charge on any atom is -0.412 e. The molecule has 0 unspecified atom stereocenters. The van der Waals surface area contributed by atoms with Crippen LogP contribution in [0.5, 0.6) is 0 Å². The molecule has 0 aromatic heterocycles. The average molecular weight is 165 g/mol. The Labute approximate surface area is 67.8 Å². The fourth-order valence-corrected chi connectivity index (χ4v) is 0.885. The highest BCUT2D eigenvalue weighted by atomic mass is 16.3. The Hall–Kier alpha value is -0.160. The van der Waals surface area contributed by atoms with E-state index in [-0.39, 0.29) is 18.7 Å². The molecule has 0 atom stereocenters. The van der Waals surface area contributed by atoms with Crippen LogP contribution in [0, 0.1) is 0 Å². The zero-order valence-electron chi connectivity index (χ0n) is 7.25. The molecule has 11 heavy (non-hydrogen) atoms. The first-order chi connectivity index (χ1) is 4.72. The van der Waals surface area contributed by atoms with Gasteiger partial charge in [-0.05, 0) is 13.8 Å². The highest BCUT2D eigenvalue weighted by Gasteiger charge is 2.05. The minimum absolute atomic E-state index is 0. The Bertz CT molecular complexity index is 72.1. The molecule has 0 bridgehead atoms. The lowest BCUT2D eigenvalue weighted by Gasteiger charge is -2.24. The summed E-state index contributed by atoms with van der Waals surface area (Å²) in [6.07, 6.45) is 0. The van der Waals surface area contributed by atoms with Gasteiger partial charge in [0.25, 0.3) is 0 Å². The molecule has 0 fully saturated rings. The summed E-state index contributed by atoms with van der Waals surface area (Å²) >= 11 is 0. The van der Waals surface area contributed by atoms with Crippen LogP contribution in [0.2, 0.25) is 0 Å². The predicted octanol–water partition coefficient (Wildman–Crippen LogP) is -1.14. The zero-order valence-corrected chi connectivity index (χ0v) is 7.25. The van der Waals surface area contributed by atoms with Crippen LogP contribution in [-0.4, -0.2) is 52.9 Å². The normalized spacial score (nSPS) is 10.4. The SMILES string of the molecule is CC(C)N(CCO)CCO.O. The molecule has 4 nitrogen and oxygen atoms in total. The van der Waals surface area contributed by atoms with Crippen molar-refractivity contribution in [1.29, 1.82) is 0 Å². The van der Waals surface area contributed by atoms with Gasteiger partial charge in [-0.2, -0.15) is 0 Å². The lowest BCUT2D eigenvalue weighted by molar-refractivity contribution is 0.135. The highest BCUT2D eigenvalue weighted by Crippen LogP contribution is 1.94. The van der Waals surface area contributed by atoms with E-state index in [9.17, 15) is 0 Å². The molecule has 0 saturated heterocycles. The molecule has 0 saturated carbocycles. The van der Waals surface area contributed by atoms with Crippen molar-refractivity contribution in [1.82, 2.24) is 4.90 Å². The first-order valence-electron chi connectivity index (χ1n) is 3.68. The van der Waals surface area contributed by atoms with E-state index in [0.29, 0.717) is 19.1 Å². The van der Waals surface area contributed by atoms with Crippen molar-refractivity contribution < 1.29 is 15.7 Å². The fraction of sp³-hybridized carbons (Fsp3) is 1.00. The van der Waals surface area contributed by atoms with Gasteiger partial charge < -0.3 is 15.7 Å². The van der Waals surface area contributed by atoms with Gasteiger partial charge >= 0.3 is 0 Å². The van der Waals surface area contributed by atoms with Crippen LogP contribution >= 0.6 is 0 Å². The van der Waals surface area contributed by atoms with E-state index < -0.39 is 0 Å². The molecule has 0 amide bonds. The van der Waals surface area contributed by atoms with E-state index in [1.54, 1.807) is 0 Å². The molecule has 0 aromatic carbocycles. The van der Waals surface area contributed by atoms with Crippen LogP contribution in [-0.2, 0) is 0 Å². The first kappa shape index (κ1) is 13.4. The number of rotatable bonds is 5. The summed E-state index contributed by atoms with van der Waals surface area (Å²) in [5.41, 5.74) is 0. The summed E-state index contributed by atoms with van der Waals surface area (Å²) < 4.78 is 0. The van der Waals surface area contributed by atoms with E-state index in [1.165, 1.54) is 0 Å². The van der Waals surface area contributed by atoms with Crippen molar-refractivity contribution in [3.8, 4) is 0 Å². The van der Waals surface area contributed by atoms with Crippen LogP contribution in [0.4, 0.5) is 0 Å². The van der Waals surface area contributed by atoms with E-state index in [0.717, 1.165) is 0 Å².